The Morgan fingerprint density at radius 1 is 1.06 bits per heavy atom. The molecule has 2 rings (SSSR count). The molecule has 18 heavy (non-hydrogen) atoms. The minimum absolute atomic E-state index is 0.458. The van der Waals surface area contributed by atoms with Crippen molar-refractivity contribution in [1.29, 1.82) is 5.26 Å². The van der Waals surface area contributed by atoms with Crippen LogP contribution in [0.5, 0.6) is 11.5 Å². The van der Waals surface area contributed by atoms with Crippen LogP contribution in [0.4, 0.5) is 0 Å². The van der Waals surface area contributed by atoms with Crippen LogP contribution in [0.3, 0.4) is 0 Å². The third kappa shape index (κ3) is 2.86. The maximum atomic E-state index is 9.10. The summed E-state index contributed by atoms with van der Waals surface area (Å²) >= 11 is 12.5. The van der Waals surface area contributed by atoms with Gasteiger partial charge >= 0.3 is 0 Å². The highest BCUT2D eigenvalue weighted by Crippen LogP contribution is 2.35. The lowest BCUT2D eigenvalue weighted by atomic mass is 10.2. The van der Waals surface area contributed by atoms with Crippen molar-refractivity contribution in [2.45, 2.75) is 0 Å². The summed E-state index contributed by atoms with van der Waals surface area (Å²) in [6, 6.07) is 12.7. The molecule has 90 valence electrons. The van der Waals surface area contributed by atoms with E-state index in [1.54, 1.807) is 30.3 Å². The Balaban J connectivity index is 2.41. The molecule has 2 nitrogen and oxygen atoms in total. The van der Waals surface area contributed by atoms with Gasteiger partial charge in [0.05, 0.1) is 4.47 Å². The van der Waals surface area contributed by atoms with E-state index in [1.807, 2.05) is 6.07 Å². The van der Waals surface area contributed by atoms with Crippen LogP contribution in [0.15, 0.2) is 45.3 Å². The molecule has 2 aromatic carbocycles. The van der Waals surface area contributed by atoms with E-state index in [4.69, 9.17) is 21.6 Å². The molecule has 0 saturated heterocycles. The molecule has 0 saturated carbocycles. The van der Waals surface area contributed by atoms with Crippen molar-refractivity contribution in [2.75, 3.05) is 0 Å². The zero-order chi connectivity index (χ0) is 13.1. The van der Waals surface area contributed by atoms with Crippen LogP contribution in [-0.4, -0.2) is 0 Å². The number of ether oxygens (including phenoxy) is 1. The maximum absolute atomic E-state index is 9.10. The third-order valence-corrected chi connectivity index (χ3v) is 3.72. The number of benzene rings is 2. The second kappa shape index (κ2) is 5.75. The van der Waals surface area contributed by atoms with Gasteiger partial charge in [-0.25, -0.2) is 0 Å². The topological polar surface area (TPSA) is 33.0 Å². The number of hydrogen-bond donors (Lipinski definition) is 0. The fourth-order valence-electron chi connectivity index (χ4n) is 1.37. The summed E-state index contributed by atoms with van der Waals surface area (Å²) in [5.74, 6) is 1.10. The standard InChI is InChI=1S/C13H6Br2ClNO/c14-10-2-1-3-12(9(10)7-17)18-13-5-4-8(16)6-11(13)15/h1-6H. The van der Waals surface area contributed by atoms with Crippen LogP contribution in [0.2, 0.25) is 5.02 Å². The predicted octanol–water partition coefficient (Wildman–Crippen LogP) is 5.53. The molecule has 0 aromatic heterocycles. The van der Waals surface area contributed by atoms with E-state index in [2.05, 4.69) is 37.9 Å². The predicted molar refractivity (Wildman–Crippen MR) is 78.1 cm³/mol. The Hall–Kier alpha value is -1.02. The maximum Gasteiger partial charge on any atom is 0.146 e. The third-order valence-electron chi connectivity index (χ3n) is 2.20. The van der Waals surface area contributed by atoms with Crippen molar-refractivity contribution in [3.05, 3.63) is 55.9 Å². The number of nitrogens with zero attached hydrogens (tertiary/aromatic N) is 1. The first-order valence-electron chi connectivity index (χ1n) is 4.93. The summed E-state index contributed by atoms with van der Waals surface area (Å²) in [7, 11) is 0. The average molecular weight is 387 g/mol. The van der Waals surface area contributed by atoms with E-state index >= 15 is 0 Å². The molecule has 0 N–H and O–H groups in total. The Labute approximate surface area is 126 Å². The molecule has 0 aliphatic carbocycles. The molecule has 2 aromatic rings. The van der Waals surface area contributed by atoms with E-state index in [-0.39, 0.29) is 0 Å². The lowest BCUT2D eigenvalue weighted by Gasteiger charge is -2.10. The summed E-state index contributed by atoms with van der Waals surface area (Å²) in [5, 5.41) is 9.71. The van der Waals surface area contributed by atoms with E-state index in [0.717, 1.165) is 4.47 Å². The molecule has 0 aliphatic heterocycles. The van der Waals surface area contributed by atoms with Crippen LogP contribution in [0.1, 0.15) is 5.56 Å². The van der Waals surface area contributed by atoms with Gasteiger partial charge in [-0.3, -0.25) is 0 Å². The Morgan fingerprint density at radius 3 is 2.50 bits per heavy atom. The van der Waals surface area contributed by atoms with E-state index in [1.165, 1.54) is 0 Å². The van der Waals surface area contributed by atoms with Crippen molar-refractivity contribution in [3.8, 4) is 17.6 Å². The van der Waals surface area contributed by atoms with Crippen molar-refractivity contribution in [1.82, 2.24) is 0 Å². The molecule has 5 heteroatoms. The van der Waals surface area contributed by atoms with Gasteiger partial charge in [0.1, 0.15) is 23.1 Å². The van der Waals surface area contributed by atoms with E-state index in [9.17, 15) is 0 Å². The van der Waals surface area contributed by atoms with Crippen molar-refractivity contribution in [3.63, 3.8) is 0 Å². The summed E-state index contributed by atoms with van der Waals surface area (Å²) in [4.78, 5) is 0. The molecule has 0 amide bonds. The largest absolute Gasteiger partial charge is 0.455 e. The quantitative estimate of drug-likeness (QED) is 0.679. The van der Waals surface area contributed by atoms with Crippen molar-refractivity contribution < 1.29 is 4.74 Å². The molecule has 0 radical (unpaired) electrons. The van der Waals surface area contributed by atoms with Crippen molar-refractivity contribution in [2.24, 2.45) is 0 Å². The van der Waals surface area contributed by atoms with Crippen molar-refractivity contribution >= 4 is 43.5 Å². The first kappa shape index (κ1) is 13.4. The summed E-state index contributed by atoms with van der Waals surface area (Å²) < 4.78 is 7.15. The van der Waals surface area contributed by atoms with Gasteiger partial charge < -0.3 is 4.74 Å². The lowest BCUT2D eigenvalue weighted by molar-refractivity contribution is 0.477. The summed E-state index contributed by atoms with van der Waals surface area (Å²) in [6.07, 6.45) is 0. The van der Waals surface area contributed by atoms with Gasteiger partial charge in [-0.15, -0.1) is 0 Å². The molecule has 0 fully saturated rings. The van der Waals surface area contributed by atoms with Crippen LogP contribution in [-0.2, 0) is 0 Å². The highest BCUT2D eigenvalue weighted by molar-refractivity contribution is 9.10. The molecular weight excluding hydrogens is 381 g/mol. The number of rotatable bonds is 2. The van der Waals surface area contributed by atoms with Gasteiger partial charge in [0, 0.05) is 9.50 Å². The highest BCUT2D eigenvalue weighted by Gasteiger charge is 2.10. The van der Waals surface area contributed by atoms with Gasteiger partial charge in [-0.05, 0) is 62.2 Å². The van der Waals surface area contributed by atoms with E-state index in [0.29, 0.717) is 26.6 Å². The molecule has 0 bridgehead atoms. The fraction of sp³-hybridized carbons (Fsp3) is 0. The summed E-state index contributed by atoms with van der Waals surface area (Å²) in [6.45, 7) is 0. The molecule has 0 aliphatic rings. The first-order valence-corrected chi connectivity index (χ1v) is 6.89. The SMILES string of the molecule is N#Cc1c(Br)cccc1Oc1ccc(Cl)cc1Br. The van der Waals surface area contributed by atoms with Gasteiger partial charge in [0.2, 0.25) is 0 Å². The van der Waals surface area contributed by atoms with Crippen LogP contribution in [0, 0.1) is 11.3 Å². The Bertz CT molecular complexity index is 637. The molecule has 0 spiro atoms. The van der Waals surface area contributed by atoms with Gasteiger partial charge in [0.25, 0.3) is 0 Å². The number of nitriles is 1. The highest BCUT2D eigenvalue weighted by atomic mass is 79.9. The Kier molecular flexibility index (Phi) is 4.28. The number of hydrogen-bond acceptors (Lipinski definition) is 2. The van der Waals surface area contributed by atoms with Gasteiger partial charge in [-0.2, -0.15) is 5.26 Å². The lowest BCUT2D eigenvalue weighted by Crippen LogP contribution is -1.90. The molecule has 0 unspecified atom stereocenters. The monoisotopic (exact) mass is 385 g/mol. The van der Waals surface area contributed by atoms with Gasteiger partial charge in [0.15, 0.2) is 0 Å². The second-order valence-electron chi connectivity index (χ2n) is 3.40. The molecule has 0 atom stereocenters. The van der Waals surface area contributed by atoms with Crippen LogP contribution >= 0.6 is 43.5 Å². The number of halogens is 3. The van der Waals surface area contributed by atoms with Gasteiger partial charge in [-0.1, -0.05) is 17.7 Å². The fourth-order valence-corrected chi connectivity index (χ4v) is 2.57. The van der Waals surface area contributed by atoms with E-state index < -0.39 is 0 Å². The minimum atomic E-state index is 0.458. The second-order valence-corrected chi connectivity index (χ2v) is 5.55. The molecule has 0 heterocycles. The average Bonchev–Trinajstić information content (AvgIpc) is 2.33. The zero-order valence-corrected chi connectivity index (χ0v) is 12.9. The smallest absolute Gasteiger partial charge is 0.146 e. The van der Waals surface area contributed by atoms with Crippen LogP contribution in [0.25, 0.3) is 0 Å². The normalized spacial score (nSPS) is 9.89. The molecular formula is C13H6Br2ClNO. The first-order chi connectivity index (χ1) is 8.61. The minimum Gasteiger partial charge on any atom is -0.455 e. The zero-order valence-electron chi connectivity index (χ0n) is 8.95. The summed E-state index contributed by atoms with van der Waals surface area (Å²) in [5.41, 5.74) is 0.458. The van der Waals surface area contributed by atoms with Crippen LogP contribution < -0.4 is 4.74 Å². The Morgan fingerprint density at radius 2 is 1.83 bits per heavy atom.